The summed E-state index contributed by atoms with van der Waals surface area (Å²) in [5.74, 6) is 2.29. The molecule has 1 fully saturated rings. The van der Waals surface area contributed by atoms with Crippen LogP contribution in [0.2, 0.25) is 0 Å². The molecule has 4 heteroatoms. The van der Waals surface area contributed by atoms with Gasteiger partial charge in [0.15, 0.2) is 0 Å². The standard InChI is InChI=1S/C15H23N3S/c1-9-7-11(3)12(4)18(8-9)15-13(14(16)19)10(2)5-6-17-15/h5-6,9,11-12H,7-8H2,1-4H3,(H2,16,19). The Morgan fingerprint density at radius 3 is 2.74 bits per heavy atom. The maximum absolute atomic E-state index is 5.90. The lowest BCUT2D eigenvalue weighted by atomic mass is 9.85. The summed E-state index contributed by atoms with van der Waals surface area (Å²) in [6.45, 7) is 9.94. The summed E-state index contributed by atoms with van der Waals surface area (Å²) in [5.41, 5.74) is 7.94. The maximum atomic E-state index is 5.90. The van der Waals surface area contributed by atoms with Gasteiger partial charge in [0, 0.05) is 18.8 Å². The van der Waals surface area contributed by atoms with E-state index in [-0.39, 0.29) is 0 Å². The van der Waals surface area contributed by atoms with Crippen molar-refractivity contribution in [2.24, 2.45) is 17.6 Å². The van der Waals surface area contributed by atoms with Gasteiger partial charge in [0.2, 0.25) is 0 Å². The van der Waals surface area contributed by atoms with E-state index in [9.17, 15) is 0 Å². The first-order valence-corrected chi connectivity index (χ1v) is 7.34. The number of pyridine rings is 1. The highest BCUT2D eigenvalue weighted by atomic mass is 32.1. The van der Waals surface area contributed by atoms with Gasteiger partial charge >= 0.3 is 0 Å². The molecule has 19 heavy (non-hydrogen) atoms. The molecule has 2 rings (SSSR count). The van der Waals surface area contributed by atoms with Crippen LogP contribution in [0.3, 0.4) is 0 Å². The van der Waals surface area contributed by atoms with Crippen LogP contribution in [0, 0.1) is 18.8 Å². The van der Waals surface area contributed by atoms with E-state index >= 15 is 0 Å². The van der Waals surface area contributed by atoms with E-state index in [0.29, 0.717) is 22.9 Å². The number of aryl methyl sites for hydroxylation is 1. The van der Waals surface area contributed by atoms with Gasteiger partial charge in [-0.3, -0.25) is 0 Å². The predicted molar refractivity (Wildman–Crippen MR) is 84.6 cm³/mol. The van der Waals surface area contributed by atoms with Crippen LogP contribution in [-0.2, 0) is 0 Å². The third-order valence-electron chi connectivity index (χ3n) is 4.26. The van der Waals surface area contributed by atoms with Crippen LogP contribution in [0.15, 0.2) is 12.3 Å². The van der Waals surface area contributed by atoms with Gasteiger partial charge in [-0.05, 0) is 43.7 Å². The number of aromatic nitrogens is 1. The lowest BCUT2D eigenvalue weighted by Gasteiger charge is -2.42. The molecule has 3 nitrogen and oxygen atoms in total. The number of anilines is 1. The largest absolute Gasteiger partial charge is 0.389 e. The zero-order chi connectivity index (χ0) is 14.2. The van der Waals surface area contributed by atoms with Crippen LogP contribution < -0.4 is 10.6 Å². The molecule has 2 heterocycles. The fourth-order valence-electron chi connectivity index (χ4n) is 3.06. The predicted octanol–water partition coefficient (Wildman–Crippen LogP) is 2.90. The number of nitrogens with two attached hydrogens (primary N) is 1. The van der Waals surface area contributed by atoms with Gasteiger partial charge < -0.3 is 10.6 Å². The average molecular weight is 277 g/mol. The molecule has 104 valence electrons. The summed E-state index contributed by atoms with van der Waals surface area (Å²) in [7, 11) is 0. The quantitative estimate of drug-likeness (QED) is 0.844. The monoisotopic (exact) mass is 277 g/mol. The van der Waals surface area contributed by atoms with E-state index in [0.717, 1.165) is 23.5 Å². The van der Waals surface area contributed by atoms with Crippen LogP contribution in [0.1, 0.15) is 38.3 Å². The molecule has 1 saturated heterocycles. The molecule has 1 aliphatic heterocycles. The second-order valence-electron chi connectivity index (χ2n) is 5.90. The Kier molecular flexibility index (Phi) is 4.09. The highest BCUT2D eigenvalue weighted by Gasteiger charge is 2.31. The van der Waals surface area contributed by atoms with Crippen molar-refractivity contribution < 1.29 is 0 Å². The number of thiocarbonyl (C=S) groups is 1. The van der Waals surface area contributed by atoms with Gasteiger partial charge in [0.25, 0.3) is 0 Å². The normalized spacial score (nSPS) is 27.4. The van der Waals surface area contributed by atoms with Gasteiger partial charge in [-0.15, -0.1) is 0 Å². The van der Waals surface area contributed by atoms with Crippen LogP contribution in [0.4, 0.5) is 5.82 Å². The SMILES string of the molecule is Cc1ccnc(N2CC(C)CC(C)C2C)c1C(N)=S. The van der Waals surface area contributed by atoms with Crippen LogP contribution in [-0.4, -0.2) is 22.6 Å². The molecule has 0 aliphatic carbocycles. The topological polar surface area (TPSA) is 42.2 Å². The van der Waals surface area contributed by atoms with Crippen molar-refractivity contribution in [1.82, 2.24) is 4.98 Å². The van der Waals surface area contributed by atoms with E-state index in [1.807, 2.05) is 19.2 Å². The van der Waals surface area contributed by atoms with E-state index in [4.69, 9.17) is 18.0 Å². The molecule has 3 unspecified atom stereocenters. The minimum Gasteiger partial charge on any atom is -0.389 e. The molecule has 1 aliphatic rings. The fourth-order valence-corrected chi connectivity index (χ4v) is 3.31. The van der Waals surface area contributed by atoms with Gasteiger partial charge in [-0.25, -0.2) is 4.98 Å². The van der Waals surface area contributed by atoms with Gasteiger partial charge in [-0.2, -0.15) is 0 Å². The summed E-state index contributed by atoms with van der Waals surface area (Å²) >= 11 is 5.22. The Hall–Kier alpha value is -1.16. The van der Waals surface area contributed by atoms with Crippen molar-refractivity contribution in [3.05, 3.63) is 23.4 Å². The van der Waals surface area contributed by atoms with Crippen molar-refractivity contribution in [3.63, 3.8) is 0 Å². The van der Waals surface area contributed by atoms with Crippen molar-refractivity contribution >= 4 is 23.0 Å². The minimum atomic E-state index is 0.443. The number of hydrogen-bond acceptors (Lipinski definition) is 3. The summed E-state index contributed by atoms with van der Waals surface area (Å²) < 4.78 is 0. The summed E-state index contributed by atoms with van der Waals surface area (Å²) in [4.78, 5) is 7.38. The fraction of sp³-hybridized carbons (Fsp3) is 0.600. The average Bonchev–Trinajstić information content (AvgIpc) is 2.33. The molecule has 0 aromatic carbocycles. The van der Waals surface area contributed by atoms with Crippen molar-refractivity contribution in [1.29, 1.82) is 0 Å². The summed E-state index contributed by atoms with van der Waals surface area (Å²) in [6.07, 6.45) is 3.12. The second kappa shape index (κ2) is 5.45. The van der Waals surface area contributed by atoms with Crippen LogP contribution >= 0.6 is 12.2 Å². The molecule has 1 aromatic heterocycles. The Balaban J connectivity index is 2.46. The molecular formula is C15H23N3S. The minimum absolute atomic E-state index is 0.443. The van der Waals surface area contributed by atoms with Crippen molar-refractivity contribution in [2.75, 3.05) is 11.4 Å². The maximum Gasteiger partial charge on any atom is 0.139 e. The van der Waals surface area contributed by atoms with Gasteiger partial charge in [0.1, 0.15) is 10.8 Å². The number of hydrogen-bond donors (Lipinski definition) is 1. The molecule has 0 saturated carbocycles. The molecule has 0 spiro atoms. The highest BCUT2D eigenvalue weighted by molar-refractivity contribution is 7.80. The van der Waals surface area contributed by atoms with E-state index in [2.05, 4.69) is 30.7 Å². The Labute approximate surface area is 121 Å². The lowest BCUT2D eigenvalue weighted by molar-refractivity contribution is 0.295. The van der Waals surface area contributed by atoms with E-state index < -0.39 is 0 Å². The van der Waals surface area contributed by atoms with Crippen LogP contribution in [0.5, 0.6) is 0 Å². The van der Waals surface area contributed by atoms with Gasteiger partial charge in [-0.1, -0.05) is 26.1 Å². The first-order valence-electron chi connectivity index (χ1n) is 6.93. The summed E-state index contributed by atoms with van der Waals surface area (Å²) in [5, 5.41) is 0. The molecule has 2 N–H and O–H groups in total. The molecule has 0 bridgehead atoms. The Morgan fingerprint density at radius 2 is 2.11 bits per heavy atom. The van der Waals surface area contributed by atoms with E-state index in [1.54, 1.807) is 0 Å². The second-order valence-corrected chi connectivity index (χ2v) is 6.34. The van der Waals surface area contributed by atoms with Crippen molar-refractivity contribution in [3.8, 4) is 0 Å². The highest BCUT2D eigenvalue weighted by Crippen LogP contribution is 2.32. The number of piperidine rings is 1. The number of rotatable bonds is 2. The lowest BCUT2D eigenvalue weighted by Crippen LogP contribution is -2.47. The first-order chi connectivity index (χ1) is 8.91. The van der Waals surface area contributed by atoms with E-state index in [1.165, 1.54) is 6.42 Å². The molecule has 3 atom stereocenters. The van der Waals surface area contributed by atoms with Crippen molar-refractivity contribution in [2.45, 2.75) is 40.2 Å². The smallest absolute Gasteiger partial charge is 0.139 e. The first kappa shape index (κ1) is 14.3. The number of nitrogens with zero attached hydrogens (tertiary/aromatic N) is 2. The molecule has 0 radical (unpaired) electrons. The zero-order valence-electron chi connectivity index (χ0n) is 12.2. The Morgan fingerprint density at radius 1 is 1.42 bits per heavy atom. The molecule has 1 aromatic rings. The van der Waals surface area contributed by atoms with Gasteiger partial charge in [0.05, 0.1) is 5.56 Å². The molecular weight excluding hydrogens is 254 g/mol. The Bertz CT molecular complexity index is 486. The van der Waals surface area contributed by atoms with Crippen LogP contribution in [0.25, 0.3) is 0 Å². The summed E-state index contributed by atoms with van der Waals surface area (Å²) in [6, 6.07) is 2.44. The molecule has 0 amide bonds. The third-order valence-corrected chi connectivity index (χ3v) is 4.46. The zero-order valence-corrected chi connectivity index (χ0v) is 13.0. The third kappa shape index (κ3) is 2.73.